The first-order chi connectivity index (χ1) is 10.7. The number of fused-ring (bicyclic) bond motifs is 2. The van der Waals surface area contributed by atoms with Gasteiger partial charge in [-0.3, -0.25) is 0 Å². The number of hydrogen-bond donors (Lipinski definition) is 2. The number of aryl methyl sites for hydroxylation is 1. The molecular weight excluding hydrogens is 276 g/mol. The van der Waals surface area contributed by atoms with Crippen LogP contribution >= 0.6 is 0 Å². The monoisotopic (exact) mass is 298 g/mol. The summed E-state index contributed by atoms with van der Waals surface area (Å²) in [5.41, 5.74) is 0.461. The fourth-order valence-corrected chi connectivity index (χ4v) is 3.87. The fraction of sp³-hybridized carbons (Fsp3) is 0.529. The highest BCUT2D eigenvalue weighted by atomic mass is 16.3. The molecule has 2 unspecified atom stereocenters. The molecule has 22 heavy (non-hydrogen) atoms. The molecule has 2 saturated heterocycles. The number of piperidine rings is 2. The van der Waals surface area contributed by atoms with Gasteiger partial charge in [-0.2, -0.15) is 5.10 Å². The Morgan fingerprint density at radius 1 is 1.23 bits per heavy atom. The van der Waals surface area contributed by atoms with E-state index in [1.807, 2.05) is 13.0 Å². The first-order valence-corrected chi connectivity index (χ1v) is 8.07. The molecule has 0 bridgehead atoms. The van der Waals surface area contributed by atoms with E-state index in [9.17, 15) is 5.11 Å². The molecule has 0 amide bonds. The molecule has 1 aromatic carbocycles. The molecule has 5 heteroatoms. The summed E-state index contributed by atoms with van der Waals surface area (Å²) in [7, 11) is 0. The summed E-state index contributed by atoms with van der Waals surface area (Å²) < 4.78 is 0. The van der Waals surface area contributed by atoms with Crippen molar-refractivity contribution >= 4 is 16.6 Å². The van der Waals surface area contributed by atoms with Crippen molar-refractivity contribution in [3.05, 3.63) is 30.0 Å². The Kier molecular flexibility index (Phi) is 3.27. The lowest BCUT2D eigenvalue weighted by Gasteiger charge is -2.47. The first kappa shape index (κ1) is 13.9. The van der Waals surface area contributed by atoms with Crippen molar-refractivity contribution < 1.29 is 5.11 Å². The number of nitrogens with zero attached hydrogens (tertiary/aromatic N) is 3. The van der Waals surface area contributed by atoms with E-state index >= 15 is 0 Å². The van der Waals surface area contributed by atoms with Gasteiger partial charge in [-0.05, 0) is 26.3 Å². The van der Waals surface area contributed by atoms with Gasteiger partial charge in [0.25, 0.3) is 0 Å². The molecule has 0 aliphatic carbocycles. The van der Waals surface area contributed by atoms with Crippen LogP contribution in [0.2, 0.25) is 0 Å². The van der Waals surface area contributed by atoms with Crippen LogP contribution in [0.3, 0.4) is 0 Å². The summed E-state index contributed by atoms with van der Waals surface area (Å²) in [5, 5.41) is 25.3. The second-order valence-corrected chi connectivity index (χ2v) is 6.61. The lowest BCUT2D eigenvalue weighted by Crippen LogP contribution is -2.59. The average molecular weight is 298 g/mol. The third kappa shape index (κ3) is 2.16. The third-order valence-corrected chi connectivity index (χ3v) is 5.29. The van der Waals surface area contributed by atoms with Gasteiger partial charge in [0.15, 0.2) is 5.82 Å². The van der Waals surface area contributed by atoms with Crippen LogP contribution in [0, 0.1) is 12.8 Å². The molecule has 3 heterocycles. The van der Waals surface area contributed by atoms with Crippen molar-refractivity contribution in [3.63, 3.8) is 0 Å². The van der Waals surface area contributed by atoms with Gasteiger partial charge in [0.05, 0.1) is 11.3 Å². The maximum Gasteiger partial charge on any atom is 0.159 e. The second-order valence-electron chi connectivity index (χ2n) is 6.61. The highest BCUT2D eigenvalue weighted by Crippen LogP contribution is 2.36. The SMILES string of the molecule is Cc1nnc(N2CCC3(O)CCNCC3C2)c2ccccc12. The van der Waals surface area contributed by atoms with E-state index in [0.717, 1.165) is 61.3 Å². The van der Waals surface area contributed by atoms with Crippen molar-refractivity contribution in [2.75, 3.05) is 31.1 Å². The molecule has 2 N–H and O–H groups in total. The first-order valence-electron chi connectivity index (χ1n) is 8.07. The summed E-state index contributed by atoms with van der Waals surface area (Å²) in [5.74, 6) is 1.21. The number of rotatable bonds is 1. The van der Waals surface area contributed by atoms with Crippen LogP contribution in [0.25, 0.3) is 10.8 Å². The molecule has 5 nitrogen and oxygen atoms in total. The Hall–Kier alpha value is -1.72. The van der Waals surface area contributed by atoms with Gasteiger partial charge >= 0.3 is 0 Å². The van der Waals surface area contributed by atoms with E-state index in [-0.39, 0.29) is 5.92 Å². The smallest absolute Gasteiger partial charge is 0.159 e. The van der Waals surface area contributed by atoms with Gasteiger partial charge < -0.3 is 15.3 Å². The molecule has 2 aromatic rings. The van der Waals surface area contributed by atoms with Gasteiger partial charge in [0, 0.05) is 36.3 Å². The van der Waals surface area contributed by atoms with Gasteiger partial charge in [-0.25, -0.2) is 0 Å². The molecule has 2 fully saturated rings. The third-order valence-electron chi connectivity index (χ3n) is 5.29. The normalized spacial score (nSPS) is 28.6. The average Bonchev–Trinajstić information content (AvgIpc) is 2.55. The predicted octanol–water partition coefficient (Wildman–Crippen LogP) is 1.49. The standard InChI is InChI=1S/C17H22N4O/c1-12-14-4-2-3-5-15(14)16(20-19-12)21-9-7-17(22)6-8-18-10-13(17)11-21/h2-5,13,18,22H,6-11H2,1H3. The van der Waals surface area contributed by atoms with Crippen LogP contribution in [0.4, 0.5) is 5.82 Å². The zero-order valence-corrected chi connectivity index (χ0v) is 12.9. The second kappa shape index (κ2) is 5.18. The molecule has 2 atom stereocenters. The minimum Gasteiger partial charge on any atom is -0.389 e. The fourth-order valence-electron chi connectivity index (χ4n) is 3.87. The molecule has 1 aromatic heterocycles. The Morgan fingerprint density at radius 3 is 2.91 bits per heavy atom. The van der Waals surface area contributed by atoms with E-state index in [4.69, 9.17) is 0 Å². The Bertz CT molecular complexity index is 704. The molecule has 0 saturated carbocycles. The highest BCUT2D eigenvalue weighted by molar-refractivity contribution is 5.93. The van der Waals surface area contributed by atoms with Crippen molar-refractivity contribution in [2.24, 2.45) is 5.92 Å². The van der Waals surface area contributed by atoms with Crippen LogP contribution in [0.5, 0.6) is 0 Å². The Morgan fingerprint density at radius 2 is 2.05 bits per heavy atom. The minimum atomic E-state index is -0.504. The molecule has 4 rings (SSSR count). The molecule has 2 aliphatic heterocycles. The zero-order chi connectivity index (χ0) is 15.2. The van der Waals surface area contributed by atoms with Crippen LogP contribution < -0.4 is 10.2 Å². The van der Waals surface area contributed by atoms with Crippen LogP contribution in [-0.4, -0.2) is 47.1 Å². The molecule has 0 spiro atoms. The summed E-state index contributed by atoms with van der Waals surface area (Å²) in [6, 6.07) is 8.31. The zero-order valence-electron chi connectivity index (χ0n) is 12.9. The van der Waals surface area contributed by atoms with Crippen molar-refractivity contribution in [3.8, 4) is 0 Å². The summed E-state index contributed by atoms with van der Waals surface area (Å²) >= 11 is 0. The molecule has 2 aliphatic rings. The number of aromatic nitrogens is 2. The summed E-state index contributed by atoms with van der Waals surface area (Å²) in [4.78, 5) is 2.29. The maximum atomic E-state index is 10.8. The predicted molar refractivity (Wildman–Crippen MR) is 87.0 cm³/mol. The van der Waals surface area contributed by atoms with Crippen LogP contribution in [0.1, 0.15) is 18.5 Å². The van der Waals surface area contributed by atoms with E-state index in [1.54, 1.807) is 0 Å². The highest BCUT2D eigenvalue weighted by Gasteiger charge is 2.43. The van der Waals surface area contributed by atoms with Gasteiger partial charge in [-0.15, -0.1) is 5.10 Å². The minimum absolute atomic E-state index is 0.261. The summed E-state index contributed by atoms with van der Waals surface area (Å²) in [6.07, 6.45) is 1.66. The largest absolute Gasteiger partial charge is 0.389 e. The van der Waals surface area contributed by atoms with E-state index in [1.165, 1.54) is 0 Å². The van der Waals surface area contributed by atoms with E-state index in [0.29, 0.717) is 0 Å². The molecule has 116 valence electrons. The lowest BCUT2D eigenvalue weighted by molar-refractivity contribution is -0.0539. The van der Waals surface area contributed by atoms with Crippen LogP contribution in [-0.2, 0) is 0 Å². The Labute approximate surface area is 130 Å². The molecule has 0 radical (unpaired) electrons. The van der Waals surface area contributed by atoms with Crippen LogP contribution in [0.15, 0.2) is 24.3 Å². The topological polar surface area (TPSA) is 61.3 Å². The number of nitrogens with one attached hydrogen (secondary N) is 1. The van der Waals surface area contributed by atoms with Gasteiger partial charge in [-0.1, -0.05) is 24.3 Å². The van der Waals surface area contributed by atoms with Crippen molar-refractivity contribution in [2.45, 2.75) is 25.4 Å². The molecular formula is C17H22N4O. The van der Waals surface area contributed by atoms with Gasteiger partial charge in [0.2, 0.25) is 0 Å². The lowest BCUT2D eigenvalue weighted by atomic mass is 9.76. The number of hydrogen-bond acceptors (Lipinski definition) is 5. The van der Waals surface area contributed by atoms with Gasteiger partial charge in [0.1, 0.15) is 0 Å². The maximum absolute atomic E-state index is 10.8. The van der Waals surface area contributed by atoms with Crippen molar-refractivity contribution in [1.29, 1.82) is 0 Å². The quantitative estimate of drug-likeness (QED) is 0.835. The van der Waals surface area contributed by atoms with E-state index in [2.05, 4.69) is 38.6 Å². The number of benzene rings is 1. The van der Waals surface area contributed by atoms with Crippen molar-refractivity contribution in [1.82, 2.24) is 15.5 Å². The summed E-state index contributed by atoms with van der Waals surface area (Å²) in [6.45, 7) is 5.48. The number of aliphatic hydroxyl groups is 1. The van der Waals surface area contributed by atoms with E-state index < -0.39 is 5.60 Å². The Balaban J connectivity index is 1.70. The number of anilines is 1.